The lowest BCUT2D eigenvalue weighted by atomic mass is 9.93. The summed E-state index contributed by atoms with van der Waals surface area (Å²) in [6.45, 7) is 9.61. The van der Waals surface area contributed by atoms with Crippen LogP contribution in [-0.2, 0) is 14.3 Å². The van der Waals surface area contributed by atoms with Gasteiger partial charge in [0.1, 0.15) is 5.69 Å². The molecule has 0 bridgehead atoms. The van der Waals surface area contributed by atoms with Gasteiger partial charge in [-0.25, -0.2) is 4.79 Å². The van der Waals surface area contributed by atoms with E-state index in [9.17, 15) is 14.4 Å². The van der Waals surface area contributed by atoms with Gasteiger partial charge in [0.15, 0.2) is 0 Å². The SMILES string of the molecule is COC(=O)c1c(C)[nH]c(C(=O)N2CCC(CC(=O)NCCN3CCOCC3)CC2)c1C. The van der Waals surface area contributed by atoms with Gasteiger partial charge < -0.3 is 24.7 Å². The topological polar surface area (TPSA) is 104 Å². The van der Waals surface area contributed by atoms with Gasteiger partial charge >= 0.3 is 5.97 Å². The third-order valence-electron chi connectivity index (χ3n) is 6.27. The molecule has 3 heterocycles. The first-order chi connectivity index (χ1) is 14.9. The van der Waals surface area contributed by atoms with Crippen LogP contribution in [0.25, 0.3) is 0 Å². The van der Waals surface area contributed by atoms with Crippen LogP contribution in [0.4, 0.5) is 0 Å². The van der Waals surface area contributed by atoms with Crippen LogP contribution in [0, 0.1) is 19.8 Å². The van der Waals surface area contributed by atoms with E-state index in [1.165, 1.54) is 7.11 Å². The van der Waals surface area contributed by atoms with Crippen LogP contribution >= 0.6 is 0 Å². The molecule has 0 aromatic carbocycles. The highest BCUT2D eigenvalue weighted by Crippen LogP contribution is 2.24. The normalized spacial score (nSPS) is 18.1. The van der Waals surface area contributed by atoms with Gasteiger partial charge in [-0.15, -0.1) is 0 Å². The van der Waals surface area contributed by atoms with Crippen LogP contribution in [0.1, 0.15) is 51.4 Å². The van der Waals surface area contributed by atoms with Crippen LogP contribution < -0.4 is 5.32 Å². The molecule has 0 saturated carbocycles. The summed E-state index contributed by atoms with van der Waals surface area (Å²) in [4.78, 5) is 44.4. The number of carbonyl (C=O) groups excluding carboxylic acids is 3. The van der Waals surface area contributed by atoms with Gasteiger partial charge in [-0.05, 0) is 38.2 Å². The van der Waals surface area contributed by atoms with Gasteiger partial charge in [-0.3, -0.25) is 14.5 Å². The minimum Gasteiger partial charge on any atom is -0.465 e. The fourth-order valence-electron chi connectivity index (χ4n) is 4.38. The van der Waals surface area contributed by atoms with Gasteiger partial charge in [-0.2, -0.15) is 0 Å². The Balaban J connectivity index is 1.43. The standard InChI is InChI=1S/C22H34N4O5/c1-15-19(22(29)30-3)16(2)24-20(15)21(28)26-7-4-17(5-8-26)14-18(27)23-6-9-25-10-12-31-13-11-25/h17,24H,4-14H2,1-3H3,(H,23,27). The Hall–Kier alpha value is -2.39. The Morgan fingerprint density at radius 2 is 1.81 bits per heavy atom. The smallest absolute Gasteiger partial charge is 0.339 e. The first-order valence-electron chi connectivity index (χ1n) is 11.0. The minimum atomic E-state index is -0.441. The van der Waals surface area contributed by atoms with Crippen LogP contribution in [0.3, 0.4) is 0 Å². The molecule has 31 heavy (non-hydrogen) atoms. The number of amides is 2. The Bertz CT molecular complexity index is 792. The number of hydrogen-bond donors (Lipinski definition) is 2. The second-order valence-corrected chi connectivity index (χ2v) is 8.36. The molecule has 9 nitrogen and oxygen atoms in total. The molecule has 0 radical (unpaired) electrons. The molecule has 2 aliphatic heterocycles. The fourth-order valence-corrected chi connectivity index (χ4v) is 4.38. The fraction of sp³-hybridized carbons (Fsp3) is 0.682. The molecule has 3 rings (SSSR count). The van der Waals surface area contributed by atoms with Crippen molar-refractivity contribution in [1.82, 2.24) is 20.1 Å². The molecule has 0 atom stereocenters. The largest absolute Gasteiger partial charge is 0.465 e. The Morgan fingerprint density at radius 1 is 1.13 bits per heavy atom. The number of morpholine rings is 1. The van der Waals surface area contributed by atoms with Gasteiger partial charge in [0.2, 0.25) is 5.91 Å². The zero-order valence-corrected chi connectivity index (χ0v) is 18.8. The minimum absolute atomic E-state index is 0.0802. The molecule has 0 unspecified atom stereocenters. The quantitative estimate of drug-likeness (QED) is 0.623. The van der Waals surface area contributed by atoms with Crippen molar-refractivity contribution < 1.29 is 23.9 Å². The molecule has 9 heteroatoms. The van der Waals surface area contributed by atoms with Gasteiger partial charge in [0.25, 0.3) is 5.91 Å². The number of ether oxygens (including phenoxy) is 2. The predicted molar refractivity (Wildman–Crippen MR) is 115 cm³/mol. The molecule has 1 aromatic rings. The maximum Gasteiger partial charge on any atom is 0.339 e. The summed E-state index contributed by atoms with van der Waals surface area (Å²) in [5.41, 5.74) is 2.12. The number of likely N-dealkylation sites (tertiary alicyclic amines) is 1. The summed E-state index contributed by atoms with van der Waals surface area (Å²) in [5.74, 6) is -0.186. The van der Waals surface area contributed by atoms with Gasteiger partial charge in [0, 0.05) is 51.4 Å². The van der Waals surface area contributed by atoms with Crippen LogP contribution in [0.2, 0.25) is 0 Å². The number of aryl methyl sites for hydroxylation is 1. The molecule has 2 aliphatic rings. The molecule has 1 aromatic heterocycles. The number of hydrogen-bond acceptors (Lipinski definition) is 6. The van der Waals surface area contributed by atoms with E-state index in [0.717, 1.165) is 45.7 Å². The maximum absolute atomic E-state index is 13.0. The predicted octanol–water partition coefficient (Wildman–Crippen LogP) is 1.11. The van der Waals surface area contributed by atoms with Crippen molar-refractivity contribution in [3.8, 4) is 0 Å². The summed E-state index contributed by atoms with van der Waals surface area (Å²) < 4.78 is 10.2. The lowest BCUT2D eigenvalue weighted by Crippen LogP contribution is -2.42. The van der Waals surface area contributed by atoms with E-state index >= 15 is 0 Å². The van der Waals surface area contributed by atoms with E-state index in [-0.39, 0.29) is 17.7 Å². The number of esters is 1. The van der Waals surface area contributed by atoms with Gasteiger partial charge in [-0.1, -0.05) is 0 Å². The zero-order chi connectivity index (χ0) is 22.4. The molecule has 2 N–H and O–H groups in total. The molecular formula is C22H34N4O5. The number of aromatic nitrogens is 1. The number of H-pyrrole nitrogens is 1. The van der Waals surface area contributed by atoms with E-state index in [1.807, 2.05) is 0 Å². The number of rotatable bonds is 7. The first kappa shape index (κ1) is 23.3. The summed E-state index contributed by atoms with van der Waals surface area (Å²) in [6.07, 6.45) is 2.09. The van der Waals surface area contributed by atoms with Crippen LogP contribution in [0.5, 0.6) is 0 Å². The highest BCUT2D eigenvalue weighted by molar-refractivity contribution is 6.00. The average Bonchev–Trinajstić information content (AvgIpc) is 3.08. The maximum atomic E-state index is 13.0. The van der Waals surface area contributed by atoms with Crippen LogP contribution in [0.15, 0.2) is 0 Å². The van der Waals surface area contributed by atoms with E-state index in [4.69, 9.17) is 9.47 Å². The summed E-state index contributed by atoms with van der Waals surface area (Å²) in [6, 6.07) is 0. The molecular weight excluding hydrogens is 400 g/mol. The highest BCUT2D eigenvalue weighted by atomic mass is 16.5. The van der Waals surface area contributed by atoms with Crippen molar-refractivity contribution in [3.63, 3.8) is 0 Å². The van der Waals surface area contributed by atoms with E-state index < -0.39 is 5.97 Å². The van der Waals surface area contributed by atoms with E-state index in [0.29, 0.717) is 48.6 Å². The molecule has 0 aliphatic carbocycles. The molecule has 0 spiro atoms. The number of aromatic amines is 1. The van der Waals surface area contributed by atoms with Gasteiger partial charge in [0.05, 0.1) is 25.9 Å². The number of nitrogens with one attached hydrogen (secondary N) is 2. The van der Waals surface area contributed by atoms with E-state index in [1.54, 1.807) is 18.7 Å². The van der Waals surface area contributed by atoms with Crippen molar-refractivity contribution in [2.24, 2.45) is 5.92 Å². The Morgan fingerprint density at radius 3 is 2.45 bits per heavy atom. The molecule has 2 fully saturated rings. The van der Waals surface area contributed by atoms with Crippen molar-refractivity contribution >= 4 is 17.8 Å². The van der Waals surface area contributed by atoms with Crippen molar-refractivity contribution in [1.29, 1.82) is 0 Å². The second-order valence-electron chi connectivity index (χ2n) is 8.36. The summed E-state index contributed by atoms with van der Waals surface area (Å²) >= 11 is 0. The van der Waals surface area contributed by atoms with Crippen LogP contribution in [-0.4, -0.2) is 92.2 Å². The molecule has 2 saturated heterocycles. The van der Waals surface area contributed by atoms with E-state index in [2.05, 4.69) is 15.2 Å². The third-order valence-corrected chi connectivity index (χ3v) is 6.27. The lowest BCUT2D eigenvalue weighted by Gasteiger charge is -2.32. The number of carbonyl (C=O) groups is 3. The van der Waals surface area contributed by atoms with Crippen molar-refractivity contribution in [2.75, 3.05) is 59.6 Å². The number of piperidine rings is 1. The second kappa shape index (κ2) is 10.8. The average molecular weight is 435 g/mol. The Labute approximate surface area is 183 Å². The molecule has 172 valence electrons. The number of nitrogens with zero attached hydrogens (tertiary/aromatic N) is 2. The summed E-state index contributed by atoms with van der Waals surface area (Å²) in [5, 5.41) is 3.02. The lowest BCUT2D eigenvalue weighted by molar-refractivity contribution is -0.122. The monoisotopic (exact) mass is 434 g/mol. The Kier molecular flexibility index (Phi) is 8.09. The zero-order valence-electron chi connectivity index (χ0n) is 18.8. The van der Waals surface area contributed by atoms with Crippen molar-refractivity contribution in [3.05, 3.63) is 22.5 Å². The summed E-state index contributed by atoms with van der Waals surface area (Å²) in [7, 11) is 1.33. The highest BCUT2D eigenvalue weighted by Gasteiger charge is 2.29. The third kappa shape index (κ3) is 5.86. The van der Waals surface area contributed by atoms with Crippen molar-refractivity contribution in [2.45, 2.75) is 33.1 Å². The first-order valence-corrected chi connectivity index (χ1v) is 11.0. The molecule has 2 amide bonds. The number of methoxy groups -OCH3 is 1.